The standard InChI is InChI=1S/C24H20BrNO5/c1-10-4-3-5-12(21(10)28)18-11-6-7-13-19(24(31)26(2)23(13)30)14(11)8-15-20(18)17(27)9-16(25)22(15)29/h3-6,9,13-14,18-19,28H,7-8H2,1-2H3/t13-,14+,18+,19-/m0/s1. The Hall–Kier alpha value is -2.80. The molecule has 1 aromatic carbocycles. The lowest BCUT2D eigenvalue weighted by molar-refractivity contribution is -0.138. The third-order valence-electron chi connectivity index (χ3n) is 7.13. The van der Waals surface area contributed by atoms with Crippen molar-refractivity contribution < 1.29 is 24.3 Å². The molecule has 0 aromatic heterocycles. The van der Waals surface area contributed by atoms with Crippen LogP contribution in [0.3, 0.4) is 0 Å². The van der Waals surface area contributed by atoms with E-state index in [0.717, 1.165) is 5.57 Å². The Kier molecular flexibility index (Phi) is 4.45. The maximum Gasteiger partial charge on any atom is 0.233 e. The van der Waals surface area contributed by atoms with Crippen LogP contribution in [0.4, 0.5) is 0 Å². The summed E-state index contributed by atoms with van der Waals surface area (Å²) in [5, 5.41) is 10.9. The van der Waals surface area contributed by atoms with Gasteiger partial charge in [-0.25, -0.2) is 0 Å². The van der Waals surface area contributed by atoms with Crippen LogP contribution >= 0.6 is 15.9 Å². The van der Waals surface area contributed by atoms with E-state index in [0.29, 0.717) is 28.7 Å². The molecule has 0 radical (unpaired) electrons. The predicted octanol–water partition coefficient (Wildman–Crippen LogP) is 3.09. The average molecular weight is 482 g/mol. The van der Waals surface area contributed by atoms with Crippen LogP contribution in [0.2, 0.25) is 0 Å². The number of benzene rings is 1. The van der Waals surface area contributed by atoms with Gasteiger partial charge in [0.05, 0.1) is 16.3 Å². The number of carbonyl (C=O) groups is 4. The number of rotatable bonds is 1. The molecule has 0 unspecified atom stereocenters. The molecule has 4 atom stereocenters. The Morgan fingerprint density at radius 3 is 2.58 bits per heavy atom. The maximum atomic E-state index is 13.1. The van der Waals surface area contributed by atoms with Gasteiger partial charge in [0, 0.05) is 35.8 Å². The molecular formula is C24H20BrNO5. The molecule has 0 saturated carbocycles. The minimum atomic E-state index is -0.628. The first-order chi connectivity index (χ1) is 14.7. The number of carbonyl (C=O) groups excluding carboxylic acids is 4. The van der Waals surface area contributed by atoms with Gasteiger partial charge in [-0.3, -0.25) is 24.1 Å². The van der Waals surface area contributed by atoms with Gasteiger partial charge in [-0.15, -0.1) is 0 Å². The van der Waals surface area contributed by atoms with Crippen molar-refractivity contribution >= 4 is 39.3 Å². The van der Waals surface area contributed by atoms with Gasteiger partial charge in [0.25, 0.3) is 0 Å². The first-order valence-corrected chi connectivity index (χ1v) is 11.0. The second-order valence-electron chi connectivity index (χ2n) is 8.64. The summed E-state index contributed by atoms with van der Waals surface area (Å²) in [5.41, 5.74) is 2.77. The summed E-state index contributed by atoms with van der Waals surface area (Å²) in [5.74, 6) is -2.95. The maximum absolute atomic E-state index is 13.1. The monoisotopic (exact) mass is 481 g/mol. The van der Waals surface area contributed by atoms with E-state index >= 15 is 0 Å². The van der Waals surface area contributed by atoms with Gasteiger partial charge in [0.2, 0.25) is 11.8 Å². The van der Waals surface area contributed by atoms with E-state index in [4.69, 9.17) is 0 Å². The first kappa shape index (κ1) is 20.1. The number of hydrogen-bond acceptors (Lipinski definition) is 5. The smallest absolute Gasteiger partial charge is 0.233 e. The zero-order chi connectivity index (χ0) is 22.2. The highest BCUT2D eigenvalue weighted by Crippen LogP contribution is 2.56. The van der Waals surface area contributed by atoms with E-state index in [9.17, 15) is 24.3 Å². The molecule has 1 aromatic rings. The summed E-state index contributed by atoms with van der Waals surface area (Å²) in [6, 6.07) is 5.34. The predicted molar refractivity (Wildman–Crippen MR) is 115 cm³/mol. The molecule has 1 saturated heterocycles. The van der Waals surface area contributed by atoms with Crippen molar-refractivity contribution in [3.63, 3.8) is 0 Å². The molecule has 5 rings (SSSR count). The molecular weight excluding hydrogens is 462 g/mol. The highest BCUT2D eigenvalue weighted by molar-refractivity contribution is 9.12. The Morgan fingerprint density at radius 2 is 1.84 bits per heavy atom. The van der Waals surface area contributed by atoms with Crippen LogP contribution in [-0.4, -0.2) is 40.4 Å². The topological polar surface area (TPSA) is 91.8 Å². The van der Waals surface area contributed by atoms with Crippen LogP contribution in [0.15, 0.2) is 51.6 Å². The van der Waals surface area contributed by atoms with E-state index in [1.54, 1.807) is 25.1 Å². The van der Waals surface area contributed by atoms with Gasteiger partial charge in [-0.2, -0.15) is 0 Å². The molecule has 0 bridgehead atoms. The molecule has 7 heteroatoms. The van der Waals surface area contributed by atoms with Crippen molar-refractivity contribution in [2.45, 2.75) is 25.7 Å². The fourth-order valence-electron chi connectivity index (χ4n) is 5.63. The normalized spacial score (nSPS) is 30.1. The summed E-state index contributed by atoms with van der Waals surface area (Å²) < 4.78 is 0.189. The molecule has 2 amide bonds. The molecule has 4 aliphatic rings. The number of aryl methyl sites for hydroxylation is 1. The molecule has 158 valence electrons. The third kappa shape index (κ3) is 2.69. The fraction of sp³-hybridized carbons (Fsp3) is 0.333. The van der Waals surface area contributed by atoms with Crippen molar-refractivity contribution in [3.8, 4) is 5.75 Å². The van der Waals surface area contributed by atoms with Gasteiger partial charge < -0.3 is 5.11 Å². The molecule has 1 aliphatic heterocycles. The van der Waals surface area contributed by atoms with Crippen molar-refractivity contribution in [1.82, 2.24) is 4.90 Å². The number of likely N-dealkylation sites (tertiary alicyclic amines) is 1. The number of hydrogen-bond donors (Lipinski definition) is 1. The van der Waals surface area contributed by atoms with Crippen LogP contribution in [0.1, 0.15) is 29.9 Å². The Morgan fingerprint density at radius 1 is 1.10 bits per heavy atom. The van der Waals surface area contributed by atoms with Gasteiger partial charge in [0.15, 0.2) is 11.6 Å². The highest BCUT2D eigenvalue weighted by atomic mass is 79.9. The van der Waals surface area contributed by atoms with E-state index in [1.807, 2.05) is 6.08 Å². The summed E-state index contributed by atoms with van der Waals surface area (Å²) in [7, 11) is 1.49. The first-order valence-electron chi connectivity index (χ1n) is 10.2. The fourth-order valence-corrected chi connectivity index (χ4v) is 6.08. The number of phenols is 1. The average Bonchev–Trinajstić information content (AvgIpc) is 2.97. The lowest BCUT2D eigenvalue weighted by Gasteiger charge is -2.42. The quantitative estimate of drug-likeness (QED) is 0.378. The number of nitrogens with zero attached hydrogens (tertiary/aromatic N) is 1. The lowest BCUT2D eigenvalue weighted by Crippen LogP contribution is -2.39. The number of imide groups is 1. The molecule has 1 fully saturated rings. The van der Waals surface area contributed by atoms with Crippen molar-refractivity contribution in [3.05, 3.63) is 62.7 Å². The van der Waals surface area contributed by atoms with Crippen LogP contribution in [0.25, 0.3) is 0 Å². The van der Waals surface area contributed by atoms with Crippen LogP contribution < -0.4 is 0 Å². The van der Waals surface area contributed by atoms with Crippen molar-refractivity contribution in [2.75, 3.05) is 7.05 Å². The minimum Gasteiger partial charge on any atom is -0.507 e. The van der Waals surface area contributed by atoms with Crippen molar-refractivity contribution in [2.24, 2.45) is 17.8 Å². The van der Waals surface area contributed by atoms with Gasteiger partial charge >= 0.3 is 0 Å². The second-order valence-corrected chi connectivity index (χ2v) is 9.50. The Labute approximate surface area is 187 Å². The van der Waals surface area contributed by atoms with Crippen LogP contribution in [-0.2, 0) is 19.2 Å². The number of halogens is 1. The number of fused-ring (bicyclic) bond motifs is 3. The molecule has 1 heterocycles. The Balaban J connectivity index is 1.75. The van der Waals surface area contributed by atoms with Crippen molar-refractivity contribution in [1.29, 1.82) is 0 Å². The minimum absolute atomic E-state index is 0.0721. The van der Waals surface area contributed by atoms with E-state index < -0.39 is 17.8 Å². The molecule has 3 aliphatic carbocycles. The lowest BCUT2D eigenvalue weighted by atomic mass is 9.59. The van der Waals surface area contributed by atoms with Crippen LogP contribution in [0, 0.1) is 24.7 Å². The number of allylic oxidation sites excluding steroid dienone is 6. The summed E-state index contributed by atoms with van der Waals surface area (Å²) in [4.78, 5) is 52.9. The number of para-hydroxylation sites is 1. The van der Waals surface area contributed by atoms with Gasteiger partial charge in [-0.05, 0) is 47.2 Å². The van der Waals surface area contributed by atoms with Crippen LogP contribution in [0.5, 0.6) is 5.75 Å². The number of phenolic OH excluding ortho intramolecular Hbond substituents is 1. The van der Waals surface area contributed by atoms with Gasteiger partial charge in [0.1, 0.15) is 5.75 Å². The SMILES string of the molecule is Cc1cccc([C@H]2C3=CC[C@@H]4C(=O)N(C)C(=O)[C@@H]4[C@@H]3CC3=C2C(=O)C=C(Br)C3=O)c1O. The summed E-state index contributed by atoms with van der Waals surface area (Å²) in [6.45, 7) is 1.78. The number of ketones is 2. The Bertz CT molecular complexity index is 1190. The highest BCUT2D eigenvalue weighted by Gasteiger charge is 2.55. The molecule has 31 heavy (non-hydrogen) atoms. The zero-order valence-electron chi connectivity index (χ0n) is 17.0. The van der Waals surface area contributed by atoms with E-state index in [1.165, 1.54) is 18.0 Å². The molecule has 1 N–H and O–H groups in total. The second kappa shape index (κ2) is 6.85. The third-order valence-corrected chi connectivity index (χ3v) is 7.72. The number of aromatic hydroxyl groups is 1. The number of Topliss-reactive ketones (excluding diaryl/α,β-unsaturated/α-hetero) is 1. The number of amides is 2. The van der Waals surface area contributed by atoms with E-state index in [2.05, 4.69) is 15.9 Å². The summed E-state index contributed by atoms with van der Waals surface area (Å²) >= 11 is 3.20. The molecule has 6 nitrogen and oxygen atoms in total. The zero-order valence-corrected chi connectivity index (χ0v) is 18.6. The largest absolute Gasteiger partial charge is 0.507 e. The summed E-state index contributed by atoms with van der Waals surface area (Å²) in [6.07, 6.45) is 3.85. The van der Waals surface area contributed by atoms with E-state index in [-0.39, 0.29) is 46.0 Å². The van der Waals surface area contributed by atoms with Gasteiger partial charge in [-0.1, -0.05) is 29.8 Å². The molecule has 0 spiro atoms.